The lowest BCUT2D eigenvalue weighted by atomic mass is 10.2. The first-order valence-electron chi connectivity index (χ1n) is 7.95. The van der Waals surface area contributed by atoms with E-state index in [-0.39, 0.29) is 18.1 Å². The third kappa shape index (κ3) is 5.86. The Morgan fingerprint density at radius 2 is 2.07 bits per heavy atom. The van der Waals surface area contributed by atoms with Gasteiger partial charge in [-0.2, -0.15) is 5.10 Å². The van der Waals surface area contributed by atoms with E-state index in [1.807, 2.05) is 12.1 Å². The highest BCUT2D eigenvalue weighted by Crippen LogP contribution is 2.15. The first-order chi connectivity index (χ1) is 13.1. The number of nitrogens with zero attached hydrogens (tertiary/aromatic N) is 3. The average Bonchev–Trinajstić information content (AvgIpc) is 3.06. The predicted molar refractivity (Wildman–Crippen MR) is 101 cm³/mol. The molecular formula is C18H16FN5O2S. The van der Waals surface area contributed by atoms with Crippen LogP contribution in [0.2, 0.25) is 0 Å². The van der Waals surface area contributed by atoms with Gasteiger partial charge >= 0.3 is 0 Å². The van der Waals surface area contributed by atoms with Crippen molar-refractivity contribution in [1.29, 1.82) is 0 Å². The van der Waals surface area contributed by atoms with E-state index in [1.165, 1.54) is 18.3 Å². The van der Waals surface area contributed by atoms with E-state index in [0.29, 0.717) is 22.5 Å². The molecule has 3 N–H and O–H groups in total. The van der Waals surface area contributed by atoms with Gasteiger partial charge in [-0.05, 0) is 35.4 Å². The lowest BCUT2D eigenvalue weighted by Gasteiger charge is -2.07. The second-order valence-electron chi connectivity index (χ2n) is 5.49. The number of nitrogens with one attached hydrogen (secondary N) is 1. The highest BCUT2D eigenvalue weighted by molar-refractivity contribution is 7.15. The zero-order chi connectivity index (χ0) is 19.1. The molecule has 7 nitrogen and oxygen atoms in total. The number of hydrogen-bond acceptors (Lipinski definition) is 7. The summed E-state index contributed by atoms with van der Waals surface area (Å²) in [7, 11) is 0. The molecule has 0 aliphatic heterocycles. The Hall–Kier alpha value is -3.33. The number of aromatic nitrogens is 2. The van der Waals surface area contributed by atoms with Crippen LogP contribution in [0.15, 0.2) is 53.6 Å². The van der Waals surface area contributed by atoms with Gasteiger partial charge in [-0.3, -0.25) is 4.79 Å². The van der Waals surface area contributed by atoms with Crippen molar-refractivity contribution in [2.24, 2.45) is 5.10 Å². The molecule has 138 valence electrons. The van der Waals surface area contributed by atoms with E-state index >= 15 is 0 Å². The van der Waals surface area contributed by atoms with Crippen LogP contribution in [0.1, 0.15) is 16.1 Å². The van der Waals surface area contributed by atoms with Crippen LogP contribution in [0.4, 0.5) is 9.52 Å². The smallest absolute Gasteiger partial charge is 0.247 e. The van der Waals surface area contributed by atoms with E-state index in [4.69, 9.17) is 10.5 Å². The van der Waals surface area contributed by atoms with Gasteiger partial charge in [0.25, 0.3) is 0 Å². The fraction of sp³-hybridized carbons (Fsp3) is 0.111. The van der Waals surface area contributed by atoms with Crippen LogP contribution >= 0.6 is 11.3 Å². The molecule has 3 rings (SSSR count). The number of halogens is 1. The molecule has 27 heavy (non-hydrogen) atoms. The number of rotatable bonds is 7. The van der Waals surface area contributed by atoms with Gasteiger partial charge in [-0.25, -0.2) is 9.82 Å². The molecule has 0 atom stereocenters. The molecule has 0 fully saturated rings. The van der Waals surface area contributed by atoms with Crippen molar-refractivity contribution in [1.82, 2.24) is 15.6 Å². The SMILES string of the molecule is Nc1nnc(CC(=O)N/N=C/c2cccc(OCc3ccc(F)cc3)c2)s1. The molecule has 0 saturated heterocycles. The number of nitrogens with two attached hydrogens (primary N) is 1. The molecule has 1 heterocycles. The van der Waals surface area contributed by atoms with Crippen molar-refractivity contribution in [3.63, 3.8) is 0 Å². The Morgan fingerprint density at radius 1 is 1.26 bits per heavy atom. The monoisotopic (exact) mass is 385 g/mol. The number of benzene rings is 2. The second kappa shape index (κ2) is 8.86. The normalized spacial score (nSPS) is 10.9. The molecule has 9 heteroatoms. The summed E-state index contributed by atoms with van der Waals surface area (Å²) in [5, 5.41) is 12.2. The molecule has 0 aliphatic carbocycles. The van der Waals surface area contributed by atoms with Gasteiger partial charge < -0.3 is 10.5 Å². The molecule has 0 radical (unpaired) electrons. The van der Waals surface area contributed by atoms with Crippen LogP contribution in [-0.2, 0) is 17.8 Å². The number of nitrogen functional groups attached to an aromatic ring is 1. The lowest BCUT2D eigenvalue weighted by Crippen LogP contribution is -2.19. The van der Waals surface area contributed by atoms with Crippen molar-refractivity contribution >= 4 is 28.6 Å². The van der Waals surface area contributed by atoms with Crippen molar-refractivity contribution in [3.05, 3.63) is 70.5 Å². The van der Waals surface area contributed by atoms with E-state index in [1.54, 1.807) is 24.3 Å². The van der Waals surface area contributed by atoms with Crippen LogP contribution in [0.3, 0.4) is 0 Å². The van der Waals surface area contributed by atoms with E-state index in [0.717, 1.165) is 22.5 Å². The van der Waals surface area contributed by atoms with Crippen molar-refractivity contribution in [2.75, 3.05) is 5.73 Å². The zero-order valence-corrected chi connectivity index (χ0v) is 14.9. The standard InChI is InChI=1S/C18H16FN5O2S/c19-14-6-4-12(5-7-14)11-26-15-3-1-2-13(8-15)10-21-22-16(25)9-17-23-24-18(20)27-17/h1-8,10H,9,11H2,(H2,20,24)(H,22,25)/b21-10+. The molecule has 0 spiro atoms. The van der Waals surface area contributed by atoms with Gasteiger partial charge in [0.05, 0.1) is 12.6 Å². The van der Waals surface area contributed by atoms with E-state index < -0.39 is 0 Å². The first-order valence-corrected chi connectivity index (χ1v) is 8.77. The largest absolute Gasteiger partial charge is 0.489 e. The number of hydrazone groups is 1. The van der Waals surface area contributed by atoms with Crippen LogP contribution in [0.25, 0.3) is 0 Å². The number of ether oxygens (including phenoxy) is 1. The highest BCUT2D eigenvalue weighted by Gasteiger charge is 2.07. The van der Waals surface area contributed by atoms with Gasteiger partial charge in [0.15, 0.2) is 0 Å². The van der Waals surface area contributed by atoms with Crippen molar-refractivity contribution in [2.45, 2.75) is 13.0 Å². The van der Waals surface area contributed by atoms with Crippen molar-refractivity contribution < 1.29 is 13.9 Å². The maximum absolute atomic E-state index is 12.9. The van der Waals surface area contributed by atoms with Crippen LogP contribution < -0.4 is 15.9 Å². The van der Waals surface area contributed by atoms with Gasteiger partial charge in [0.1, 0.15) is 23.2 Å². The molecule has 1 aromatic heterocycles. The Labute approximate surface area is 158 Å². The van der Waals surface area contributed by atoms with Gasteiger partial charge in [0.2, 0.25) is 11.0 Å². The zero-order valence-electron chi connectivity index (χ0n) is 14.1. The molecule has 0 saturated carbocycles. The Kier molecular flexibility index (Phi) is 6.06. The highest BCUT2D eigenvalue weighted by atomic mass is 32.1. The van der Waals surface area contributed by atoms with Crippen LogP contribution in [0, 0.1) is 5.82 Å². The minimum atomic E-state index is -0.314. The molecule has 1 amide bonds. The summed E-state index contributed by atoms with van der Waals surface area (Å²) >= 11 is 1.16. The Morgan fingerprint density at radius 3 is 2.81 bits per heavy atom. The lowest BCUT2D eigenvalue weighted by molar-refractivity contribution is -0.120. The summed E-state index contributed by atoms with van der Waals surface area (Å²) in [6.45, 7) is 0.322. The maximum Gasteiger partial charge on any atom is 0.247 e. The van der Waals surface area contributed by atoms with Gasteiger partial charge in [-0.1, -0.05) is 35.6 Å². The second-order valence-corrected chi connectivity index (χ2v) is 6.59. The molecule has 2 aromatic carbocycles. The van der Waals surface area contributed by atoms with Gasteiger partial charge in [-0.15, -0.1) is 10.2 Å². The third-order valence-corrected chi connectivity index (χ3v) is 4.13. The third-order valence-electron chi connectivity index (χ3n) is 3.37. The summed E-state index contributed by atoms with van der Waals surface area (Å²) in [4.78, 5) is 11.8. The molecule has 0 unspecified atom stereocenters. The Balaban J connectivity index is 1.51. The summed E-state index contributed by atoms with van der Waals surface area (Å²) in [6, 6.07) is 13.3. The number of carbonyl (C=O) groups excluding carboxylic acids is 1. The van der Waals surface area contributed by atoms with Gasteiger partial charge in [0, 0.05) is 0 Å². The molecule has 3 aromatic rings. The number of amides is 1. The predicted octanol–water partition coefficient (Wildman–Crippen LogP) is 2.53. The van der Waals surface area contributed by atoms with Crippen LogP contribution in [0.5, 0.6) is 5.75 Å². The average molecular weight is 385 g/mol. The fourth-order valence-corrected chi connectivity index (χ4v) is 2.73. The van der Waals surface area contributed by atoms with E-state index in [2.05, 4.69) is 20.7 Å². The summed E-state index contributed by atoms with van der Waals surface area (Å²) in [6.07, 6.45) is 1.57. The summed E-state index contributed by atoms with van der Waals surface area (Å²) in [5.74, 6) is 0.0404. The topological polar surface area (TPSA) is 102 Å². The maximum atomic E-state index is 12.9. The van der Waals surface area contributed by atoms with Crippen molar-refractivity contribution in [3.8, 4) is 5.75 Å². The minimum absolute atomic E-state index is 0.0625. The number of hydrogen-bond donors (Lipinski definition) is 2. The van der Waals surface area contributed by atoms with E-state index in [9.17, 15) is 9.18 Å². The molecule has 0 bridgehead atoms. The molecule has 0 aliphatic rings. The minimum Gasteiger partial charge on any atom is -0.489 e. The summed E-state index contributed by atoms with van der Waals surface area (Å²) < 4.78 is 18.6. The summed E-state index contributed by atoms with van der Waals surface area (Å²) in [5.41, 5.74) is 9.51. The quantitative estimate of drug-likeness (QED) is 0.481. The van der Waals surface area contributed by atoms with Crippen LogP contribution in [-0.4, -0.2) is 22.3 Å². The fourth-order valence-electron chi connectivity index (χ4n) is 2.13. The number of carbonyl (C=O) groups is 1. The number of anilines is 1. The molecular weight excluding hydrogens is 369 g/mol. The Bertz CT molecular complexity index is 943. The first kappa shape index (κ1) is 18.5.